The van der Waals surface area contributed by atoms with Gasteiger partial charge in [0, 0.05) is 6.42 Å². The van der Waals surface area contributed by atoms with E-state index in [-0.39, 0.29) is 11.6 Å². The molecule has 0 bridgehead atoms. The number of carbonyl (C=O) groups is 1. The van der Waals surface area contributed by atoms with Crippen LogP contribution in [0.25, 0.3) is 0 Å². The molecule has 0 spiro atoms. The maximum Gasteiger partial charge on any atom is 0.306 e. The highest BCUT2D eigenvalue weighted by Gasteiger charge is 2.16. The molecule has 0 radical (unpaired) electrons. The predicted molar refractivity (Wildman–Crippen MR) is 45.3 cm³/mol. The Labute approximate surface area is 68.9 Å². The van der Waals surface area contributed by atoms with Crippen LogP contribution in [0.3, 0.4) is 0 Å². The van der Waals surface area contributed by atoms with Crippen LogP contribution in [-0.4, -0.2) is 11.6 Å². The first-order valence-electron chi connectivity index (χ1n) is 4.03. The summed E-state index contributed by atoms with van der Waals surface area (Å²) in [5.74, 6) is 0.275. The smallest absolute Gasteiger partial charge is 0.306 e. The lowest BCUT2D eigenvalue weighted by Crippen LogP contribution is -2.24. The number of carbonyl (C=O) groups excluding carboxylic acids is 1. The molecule has 0 aliphatic heterocycles. The lowest BCUT2D eigenvalue weighted by molar-refractivity contribution is -0.155. The minimum Gasteiger partial charge on any atom is -0.460 e. The Balaban J connectivity index is 3.71. The molecule has 0 saturated heterocycles. The molecule has 0 aromatic heterocycles. The van der Waals surface area contributed by atoms with Gasteiger partial charge >= 0.3 is 5.97 Å². The van der Waals surface area contributed by atoms with E-state index in [2.05, 4.69) is 0 Å². The fourth-order valence-electron chi connectivity index (χ4n) is 0.717. The molecule has 0 aliphatic carbocycles. The standard InChI is InChI=1S/C9H18O2/c1-7(2)6-8(10)11-9(3,4)5/h7H,6H2,1-5H3. The summed E-state index contributed by atoms with van der Waals surface area (Å²) in [5, 5.41) is 0. The molecule has 0 aromatic rings. The molecule has 0 unspecified atom stereocenters. The second-order valence-electron chi connectivity index (χ2n) is 4.18. The molecule has 0 fully saturated rings. The Morgan fingerprint density at radius 1 is 1.36 bits per heavy atom. The number of rotatable bonds is 2. The van der Waals surface area contributed by atoms with Crippen LogP contribution in [0.4, 0.5) is 0 Å². The van der Waals surface area contributed by atoms with Crippen LogP contribution >= 0.6 is 0 Å². The zero-order valence-corrected chi connectivity index (χ0v) is 8.10. The fraction of sp³-hybridized carbons (Fsp3) is 0.889. The van der Waals surface area contributed by atoms with Crippen LogP contribution in [0.15, 0.2) is 0 Å². The molecule has 0 aromatic carbocycles. The van der Waals surface area contributed by atoms with Crippen molar-refractivity contribution in [2.75, 3.05) is 0 Å². The zero-order valence-electron chi connectivity index (χ0n) is 8.10. The Hall–Kier alpha value is -0.530. The summed E-state index contributed by atoms with van der Waals surface area (Å²) in [5.41, 5.74) is -0.341. The van der Waals surface area contributed by atoms with Gasteiger partial charge in [0.1, 0.15) is 5.60 Å². The first kappa shape index (κ1) is 10.5. The first-order valence-corrected chi connectivity index (χ1v) is 4.03. The van der Waals surface area contributed by atoms with Crippen molar-refractivity contribution in [3.63, 3.8) is 0 Å². The van der Waals surface area contributed by atoms with E-state index >= 15 is 0 Å². The van der Waals surface area contributed by atoms with Gasteiger partial charge in [-0.15, -0.1) is 0 Å². The van der Waals surface area contributed by atoms with Crippen LogP contribution in [-0.2, 0) is 9.53 Å². The van der Waals surface area contributed by atoms with Gasteiger partial charge in [0.2, 0.25) is 0 Å². The predicted octanol–water partition coefficient (Wildman–Crippen LogP) is 2.37. The first-order chi connectivity index (χ1) is 4.81. The molecule has 0 N–H and O–H groups in total. The highest BCUT2D eigenvalue weighted by atomic mass is 16.6. The summed E-state index contributed by atoms with van der Waals surface area (Å²) in [6, 6.07) is 0. The van der Waals surface area contributed by atoms with Crippen LogP contribution in [0, 0.1) is 5.92 Å². The van der Waals surface area contributed by atoms with E-state index in [9.17, 15) is 4.79 Å². The second-order valence-corrected chi connectivity index (χ2v) is 4.18. The van der Waals surface area contributed by atoms with E-state index in [0.29, 0.717) is 12.3 Å². The molecular weight excluding hydrogens is 140 g/mol. The van der Waals surface area contributed by atoms with Crippen molar-refractivity contribution in [2.24, 2.45) is 5.92 Å². The lowest BCUT2D eigenvalue weighted by atomic mass is 10.1. The summed E-state index contributed by atoms with van der Waals surface area (Å²) in [6.45, 7) is 9.65. The fourth-order valence-corrected chi connectivity index (χ4v) is 0.717. The Morgan fingerprint density at radius 3 is 2.09 bits per heavy atom. The molecule has 0 amide bonds. The van der Waals surface area contributed by atoms with Crippen LogP contribution in [0.5, 0.6) is 0 Å². The van der Waals surface area contributed by atoms with E-state index < -0.39 is 0 Å². The normalized spacial score (nSPS) is 11.8. The van der Waals surface area contributed by atoms with Gasteiger partial charge in [-0.3, -0.25) is 4.79 Å². The Kier molecular flexibility index (Phi) is 3.56. The maximum atomic E-state index is 11.0. The molecule has 0 heterocycles. The third-order valence-corrected chi connectivity index (χ3v) is 0.995. The Morgan fingerprint density at radius 2 is 1.82 bits per heavy atom. The van der Waals surface area contributed by atoms with Gasteiger partial charge in [0.25, 0.3) is 0 Å². The van der Waals surface area contributed by atoms with Crippen LogP contribution < -0.4 is 0 Å². The number of hydrogen-bond donors (Lipinski definition) is 0. The molecule has 2 heteroatoms. The molecule has 2 nitrogen and oxygen atoms in total. The number of esters is 1. The van der Waals surface area contributed by atoms with Gasteiger partial charge < -0.3 is 4.74 Å². The summed E-state index contributed by atoms with van der Waals surface area (Å²) >= 11 is 0. The van der Waals surface area contributed by atoms with Crippen molar-refractivity contribution in [3.05, 3.63) is 0 Å². The highest BCUT2D eigenvalue weighted by Crippen LogP contribution is 2.10. The SMILES string of the molecule is CC(C)CC(=O)OC(C)(C)C. The number of ether oxygens (including phenoxy) is 1. The van der Waals surface area contributed by atoms with Gasteiger partial charge in [-0.25, -0.2) is 0 Å². The van der Waals surface area contributed by atoms with Crippen LogP contribution in [0.2, 0.25) is 0 Å². The Bertz CT molecular complexity index is 131. The van der Waals surface area contributed by atoms with Gasteiger partial charge in [-0.2, -0.15) is 0 Å². The summed E-state index contributed by atoms with van der Waals surface area (Å²) in [6.07, 6.45) is 0.511. The lowest BCUT2D eigenvalue weighted by Gasteiger charge is -2.19. The van der Waals surface area contributed by atoms with Crippen molar-refractivity contribution in [1.82, 2.24) is 0 Å². The molecular formula is C9H18O2. The molecule has 66 valence electrons. The van der Waals surface area contributed by atoms with Crippen molar-refractivity contribution >= 4 is 5.97 Å². The van der Waals surface area contributed by atoms with E-state index in [1.807, 2.05) is 34.6 Å². The summed E-state index contributed by atoms with van der Waals surface area (Å²) in [4.78, 5) is 11.0. The number of hydrogen-bond acceptors (Lipinski definition) is 2. The molecule has 11 heavy (non-hydrogen) atoms. The van der Waals surface area contributed by atoms with Gasteiger partial charge in [-0.05, 0) is 26.7 Å². The quantitative estimate of drug-likeness (QED) is 0.577. The minimum atomic E-state index is -0.341. The van der Waals surface area contributed by atoms with E-state index in [1.54, 1.807) is 0 Å². The van der Waals surface area contributed by atoms with Gasteiger partial charge in [0.05, 0.1) is 0 Å². The average Bonchev–Trinajstić information content (AvgIpc) is 1.53. The summed E-state index contributed by atoms with van der Waals surface area (Å²) < 4.78 is 5.11. The van der Waals surface area contributed by atoms with Crippen LogP contribution in [0.1, 0.15) is 41.0 Å². The molecule has 0 aliphatic rings. The molecule has 0 saturated carbocycles. The van der Waals surface area contributed by atoms with Gasteiger partial charge in [0.15, 0.2) is 0 Å². The highest BCUT2D eigenvalue weighted by molar-refractivity contribution is 5.70. The third kappa shape index (κ3) is 7.37. The second kappa shape index (κ2) is 3.74. The average molecular weight is 158 g/mol. The molecule has 0 rings (SSSR count). The maximum absolute atomic E-state index is 11.0. The van der Waals surface area contributed by atoms with Crippen molar-refractivity contribution < 1.29 is 9.53 Å². The monoisotopic (exact) mass is 158 g/mol. The third-order valence-electron chi connectivity index (χ3n) is 0.995. The topological polar surface area (TPSA) is 26.3 Å². The van der Waals surface area contributed by atoms with Gasteiger partial charge in [-0.1, -0.05) is 13.8 Å². The largest absolute Gasteiger partial charge is 0.460 e. The minimum absolute atomic E-state index is 0.104. The van der Waals surface area contributed by atoms with E-state index in [4.69, 9.17) is 4.74 Å². The van der Waals surface area contributed by atoms with Crippen molar-refractivity contribution in [2.45, 2.75) is 46.6 Å². The van der Waals surface area contributed by atoms with E-state index in [1.165, 1.54) is 0 Å². The molecule has 0 atom stereocenters. The zero-order chi connectivity index (χ0) is 9.07. The van der Waals surface area contributed by atoms with Crippen molar-refractivity contribution in [3.8, 4) is 0 Å². The van der Waals surface area contributed by atoms with E-state index in [0.717, 1.165) is 0 Å². The van der Waals surface area contributed by atoms with Crippen molar-refractivity contribution in [1.29, 1.82) is 0 Å². The summed E-state index contributed by atoms with van der Waals surface area (Å²) in [7, 11) is 0.